The van der Waals surface area contributed by atoms with Crippen molar-refractivity contribution in [2.45, 2.75) is 65.7 Å². The molecule has 1 saturated carbocycles. The summed E-state index contributed by atoms with van der Waals surface area (Å²) < 4.78 is 0. The maximum atomic E-state index is 4.83. The Labute approximate surface area is 258 Å². The standard InChI is InChI=1S/C43H44/c1-8-12-28(5)40-29(6)23-38-26-37(25-31-15-16-36(24-31)34-20-18-33(19-21-34)27(3)4)30(7)41(38)43(40)42-32(9-2)17-22-35-13-10-11-14-39(35)42/h10-11,13-23,25,41,43H,3,5,7-9,12,24,26H2,1-2,4,6H3/b37-25+. The van der Waals surface area contributed by atoms with E-state index in [4.69, 9.17) is 6.58 Å². The molecule has 6 rings (SSSR count). The summed E-state index contributed by atoms with van der Waals surface area (Å²) in [6.45, 7) is 22.5. The van der Waals surface area contributed by atoms with Crippen molar-refractivity contribution in [2.24, 2.45) is 5.92 Å². The van der Waals surface area contributed by atoms with Gasteiger partial charge in [-0.25, -0.2) is 0 Å². The van der Waals surface area contributed by atoms with E-state index >= 15 is 0 Å². The first kappa shape index (κ1) is 28.9. The molecule has 3 aliphatic rings. The first-order valence-corrected chi connectivity index (χ1v) is 16.0. The van der Waals surface area contributed by atoms with Gasteiger partial charge in [0.25, 0.3) is 0 Å². The molecule has 0 heteroatoms. The lowest BCUT2D eigenvalue weighted by Gasteiger charge is -2.36. The quantitative estimate of drug-likeness (QED) is 0.257. The molecule has 0 saturated heterocycles. The minimum absolute atomic E-state index is 0.233. The van der Waals surface area contributed by atoms with E-state index in [1.54, 1.807) is 0 Å². The zero-order chi connectivity index (χ0) is 30.2. The van der Waals surface area contributed by atoms with Gasteiger partial charge in [-0.1, -0.05) is 142 Å². The molecule has 216 valence electrons. The third-order valence-electron chi connectivity index (χ3n) is 9.74. The number of allylic oxidation sites excluding steroid dienone is 13. The zero-order valence-corrected chi connectivity index (χ0v) is 26.4. The Morgan fingerprint density at radius 2 is 1.67 bits per heavy atom. The average molecular weight is 561 g/mol. The van der Waals surface area contributed by atoms with Gasteiger partial charge in [0, 0.05) is 11.8 Å². The second-order valence-electron chi connectivity index (χ2n) is 12.7. The fourth-order valence-electron chi connectivity index (χ4n) is 7.63. The molecule has 0 heterocycles. The van der Waals surface area contributed by atoms with Crippen LogP contribution in [0.25, 0.3) is 21.9 Å². The first-order chi connectivity index (χ1) is 20.8. The molecule has 1 fully saturated rings. The van der Waals surface area contributed by atoms with E-state index in [-0.39, 0.29) is 11.8 Å². The maximum absolute atomic E-state index is 4.83. The van der Waals surface area contributed by atoms with Crippen LogP contribution in [0.3, 0.4) is 0 Å². The second kappa shape index (κ2) is 11.8. The second-order valence-corrected chi connectivity index (χ2v) is 12.7. The highest BCUT2D eigenvalue weighted by Gasteiger charge is 2.42. The average Bonchev–Trinajstić information content (AvgIpc) is 3.60. The van der Waals surface area contributed by atoms with Crippen LogP contribution in [0.15, 0.2) is 144 Å². The zero-order valence-electron chi connectivity index (χ0n) is 26.4. The molecule has 0 nitrogen and oxygen atoms in total. The number of hydrogen-bond donors (Lipinski definition) is 0. The van der Waals surface area contributed by atoms with Crippen LogP contribution in [0.4, 0.5) is 0 Å². The van der Waals surface area contributed by atoms with E-state index in [2.05, 4.69) is 126 Å². The van der Waals surface area contributed by atoms with Gasteiger partial charge in [-0.3, -0.25) is 0 Å². The van der Waals surface area contributed by atoms with E-state index < -0.39 is 0 Å². The third-order valence-corrected chi connectivity index (χ3v) is 9.74. The number of benzene rings is 3. The minimum atomic E-state index is 0.233. The number of rotatable bonds is 8. The predicted molar refractivity (Wildman–Crippen MR) is 188 cm³/mol. The highest BCUT2D eigenvalue weighted by molar-refractivity contribution is 5.88. The molecule has 0 spiro atoms. The molecule has 0 amide bonds. The third kappa shape index (κ3) is 5.29. The molecular weight excluding hydrogens is 516 g/mol. The Morgan fingerprint density at radius 1 is 0.907 bits per heavy atom. The Bertz CT molecular complexity index is 1810. The van der Waals surface area contributed by atoms with Crippen molar-refractivity contribution >= 4 is 21.9 Å². The van der Waals surface area contributed by atoms with Gasteiger partial charge in [-0.05, 0) is 106 Å². The van der Waals surface area contributed by atoms with Gasteiger partial charge >= 0.3 is 0 Å². The monoisotopic (exact) mass is 560 g/mol. The highest BCUT2D eigenvalue weighted by atomic mass is 14.4. The molecule has 3 aromatic carbocycles. The number of hydrogen-bond acceptors (Lipinski definition) is 0. The summed E-state index contributed by atoms with van der Waals surface area (Å²) in [5.41, 5.74) is 17.5. The van der Waals surface area contributed by atoms with Crippen LogP contribution in [0.2, 0.25) is 0 Å². The lowest BCUT2D eigenvalue weighted by molar-refractivity contribution is 0.618. The van der Waals surface area contributed by atoms with Gasteiger partial charge in [0.2, 0.25) is 0 Å². The largest absolute Gasteiger partial charge is 0.0955 e. The van der Waals surface area contributed by atoms with Crippen LogP contribution >= 0.6 is 0 Å². The molecule has 0 N–H and O–H groups in total. The summed E-state index contributed by atoms with van der Waals surface area (Å²) in [4.78, 5) is 0. The summed E-state index contributed by atoms with van der Waals surface area (Å²) in [6.07, 6.45) is 14.6. The van der Waals surface area contributed by atoms with Crippen LogP contribution in [0.1, 0.15) is 81.5 Å². The van der Waals surface area contributed by atoms with Gasteiger partial charge in [0.1, 0.15) is 0 Å². The summed E-state index contributed by atoms with van der Waals surface area (Å²) in [5.74, 6) is 0.496. The molecule has 0 aliphatic heterocycles. The van der Waals surface area contributed by atoms with Crippen LogP contribution in [0, 0.1) is 5.92 Å². The van der Waals surface area contributed by atoms with E-state index in [0.29, 0.717) is 0 Å². The Balaban J connectivity index is 1.37. The Kier molecular flexibility index (Phi) is 7.97. The van der Waals surface area contributed by atoms with Gasteiger partial charge < -0.3 is 0 Å². The van der Waals surface area contributed by atoms with Crippen molar-refractivity contribution < 1.29 is 0 Å². The van der Waals surface area contributed by atoms with Crippen LogP contribution < -0.4 is 0 Å². The fraction of sp³-hybridized carbons (Fsp3) is 0.256. The van der Waals surface area contributed by atoms with Gasteiger partial charge in [-0.2, -0.15) is 0 Å². The van der Waals surface area contributed by atoms with E-state index in [1.165, 1.54) is 77.6 Å². The van der Waals surface area contributed by atoms with Crippen molar-refractivity contribution in [3.63, 3.8) is 0 Å². The molecule has 3 aliphatic carbocycles. The molecule has 43 heavy (non-hydrogen) atoms. The Morgan fingerprint density at radius 3 is 2.40 bits per heavy atom. The molecular formula is C43H44. The van der Waals surface area contributed by atoms with Crippen LogP contribution in [-0.2, 0) is 6.42 Å². The smallest absolute Gasteiger partial charge is 0.0210 e. The molecule has 0 radical (unpaired) electrons. The number of aryl methyl sites for hydroxylation is 1. The summed E-state index contributed by atoms with van der Waals surface area (Å²) >= 11 is 0. The maximum Gasteiger partial charge on any atom is 0.0210 e. The van der Waals surface area contributed by atoms with Gasteiger partial charge in [-0.15, -0.1) is 0 Å². The minimum Gasteiger partial charge on any atom is -0.0955 e. The van der Waals surface area contributed by atoms with Crippen molar-refractivity contribution in [2.75, 3.05) is 0 Å². The summed E-state index contributed by atoms with van der Waals surface area (Å²) in [7, 11) is 0. The number of fused-ring (bicyclic) bond motifs is 2. The topological polar surface area (TPSA) is 0 Å². The first-order valence-electron chi connectivity index (χ1n) is 16.0. The molecule has 3 aromatic rings. The molecule has 2 unspecified atom stereocenters. The van der Waals surface area contributed by atoms with Crippen molar-refractivity contribution in [1.29, 1.82) is 0 Å². The normalized spacial score (nSPS) is 20.8. The van der Waals surface area contributed by atoms with E-state index in [1.807, 2.05) is 0 Å². The van der Waals surface area contributed by atoms with Crippen molar-refractivity contribution in [3.8, 4) is 0 Å². The summed E-state index contributed by atoms with van der Waals surface area (Å²) in [6, 6.07) is 22.4. The fourth-order valence-corrected chi connectivity index (χ4v) is 7.63. The van der Waals surface area contributed by atoms with E-state index in [9.17, 15) is 0 Å². The van der Waals surface area contributed by atoms with Crippen LogP contribution in [0.5, 0.6) is 0 Å². The van der Waals surface area contributed by atoms with Crippen molar-refractivity contribution in [1.82, 2.24) is 0 Å². The lowest BCUT2D eigenvalue weighted by Crippen LogP contribution is -2.22. The molecule has 2 atom stereocenters. The summed E-state index contributed by atoms with van der Waals surface area (Å²) in [5, 5.41) is 2.69. The molecule has 0 aromatic heterocycles. The van der Waals surface area contributed by atoms with E-state index in [0.717, 1.165) is 37.7 Å². The van der Waals surface area contributed by atoms with Gasteiger partial charge in [0.05, 0.1) is 0 Å². The van der Waals surface area contributed by atoms with Crippen LogP contribution in [-0.4, -0.2) is 0 Å². The van der Waals surface area contributed by atoms with Gasteiger partial charge in [0.15, 0.2) is 0 Å². The highest BCUT2D eigenvalue weighted by Crippen LogP contribution is 2.56. The predicted octanol–water partition coefficient (Wildman–Crippen LogP) is 12.0. The molecule has 0 bridgehead atoms. The Hall–Kier alpha value is -4.16. The lowest BCUT2D eigenvalue weighted by atomic mass is 9.67. The SMILES string of the molecule is C=C(CCC)C1=C(C)C=C2C/C(=C\C3=CC=C(c4ccc(C(=C)C)cc4)C3)C(=C)C2C1c1c(CC)ccc2ccccc12. The van der Waals surface area contributed by atoms with Crippen molar-refractivity contribution in [3.05, 3.63) is 166 Å².